The monoisotopic (exact) mass is 688 g/mol. The number of hydrogen-bond acceptors (Lipinski definition) is 1. The molecule has 0 radical (unpaired) electrons. The molecule has 0 amide bonds. The van der Waals surface area contributed by atoms with Gasteiger partial charge in [-0.25, -0.2) is 0 Å². The SMILES string of the molecule is c1cc(-c2ccc3ccccc3c2)cc(-c2c3ccccc3c(-c3cccc(-c4ccc5c(c4)sc4c6ccccc6ccc54)c3)c3ccccc23)c1. The van der Waals surface area contributed by atoms with Gasteiger partial charge in [-0.1, -0.05) is 170 Å². The molecule has 0 unspecified atom stereocenters. The molecule has 0 fully saturated rings. The highest BCUT2D eigenvalue weighted by atomic mass is 32.1. The van der Waals surface area contributed by atoms with Gasteiger partial charge in [-0.2, -0.15) is 0 Å². The summed E-state index contributed by atoms with van der Waals surface area (Å²) in [5, 5.41) is 12.9. The van der Waals surface area contributed by atoms with Crippen LogP contribution in [0.4, 0.5) is 0 Å². The van der Waals surface area contributed by atoms with Crippen molar-refractivity contribution in [3.63, 3.8) is 0 Å². The van der Waals surface area contributed by atoms with Gasteiger partial charge in [0.1, 0.15) is 0 Å². The van der Waals surface area contributed by atoms with Gasteiger partial charge in [-0.15, -0.1) is 11.3 Å². The van der Waals surface area contributed by atoms with Crippen molar-refractivity contribution in [2.75, 3.05) is 0 Å². The first-order chi connectivity index (χ1) is 26.3. The first-order valence-electron chi connectivity index (χ1n) is 18.2. The molecule has 246 valence electrons. The van der Waals surface area contributed by atoms with E-state index in [0.717, 1.165) is 0 Å². The number of thiophene rings is 1. The third-order valence-corrected chi connectivity index (χ3v) is 12.2. The minimum absolute atomic E-state index is 1.22. The third kappa shape index (κ3) is 4.89. The average Bonchev–Trinajstić information content (AvgIpc) is 3.61. The third-order valence-electron chi connectivity index (χ3n) is 11.0. The van der Waals surface area contributed by atoms with E-state index in [-0.39, 0.29) is 0 Å². The molecule has 0 saturated carbocycles. The Kier molecular flexibility index (Phi) is 6.83. The molecule has 53 heavy (non-hydrogen) atoms. The van der Waals surface area contributed by atoms with Crippen molar-refractivity contribution in [1.82, 2.24) is 0 Å². The quantitative estimate of drug-likeness (QED) is 0.162. The molecular weight excluding hydrogens is 657 g/mol. The molecule has 0 aliphatic heterocycles. The van der Waals surface area contributed by atoms with Crippen molar-refractivity contribution in [3.8, 4) is 44.5 Å². The normalized spacial score (nSPS) is 11.8. The molecule has 0 N–H and O–H groups in total. The molecular formula is C52H32S. The maximum atomic E-state index is 2.39. The van der Waals surface area contributed by atoms with E-state index in [4.69, 9.17) is 0 Å². The highest BCUT2D eigenvalue weighted by Gasteiger charge is 2.18. The Bertz CT molecular complexity index is 3180. The maximum absolute atomic E-state index is 2.39. The topological polar surface area (TPSA) is 0 Å². The van der Waals surface area contributed by atoms with Crippen LogP contribution in [0.15, 0.2) is 194 Å². The number of benzene rings is 10. The first-order valence-corrected chi connectivity index (χ1v) is 19.1. The largest absolute Gasteiger partial charge is 0.135 e. The van der Waals surface area contributed by atoms with Crippen molar-refractivity contribution < 1.29 is 0 Å². The van der Waals surface area contributed by atoms with Crippen molar-refractivity contribution >= 4 is 74.6 Å². The lowest BCUT2D eigenvalue weighted by molar-refractivity contribution is 1.62. The second-order valence-electron chi connectivity index (χ2n) is 14.0. The van der Waals surface area contributed by atoms with Gasteiger partial charge in [0.25, 0.3) is 0 Å². The Morgan fingerprint density at radius 1 is 0.245 bits per heavy atom. The molecule has 1 aromatic heterocycles. The average molecular weight is 689 g/mol. The Balaban J connectivity index is 1.07. The molecule has 11 aromatic rings. The minimum atomic E-state index is 1.22. The molecule has 0 aliphatic carbocycles. The predicted molar refractivity (Wildman–Crippen MR) is 231 cm³/mol. The van der Waals surface area contributed by atoms with E-state index in [2.05, 4.69) is 194 Å². The second-order valence-corrected chi connectivity index (χ2v) is 15.1. The van der Waals surface area contributed by atoms with Gasteiger partial charge in [0.2, 0.25) is 0 Å². The molecule has 0 spiro atoms. The number of hydrogen-bond donors (Lipinski definition) is 0. The van der Waals surface area contributed by atoms with Crippen LogP contribution in [-0.2, 0) is 0 Å². The Morgan fingerprint density at radius 3 is 1.34 bits per heavy atom. The second kappa shape index (κ2) is 12.0. The summed E-state index contributed by atoms with van der Waals surface area (Å²) in [6, 6.07) is 71.8. The smallest absolute Gasteiger partial charge is 0.0433 e. The van der Waals surface area contributed by atoms with Gasteiger partial charge in [0, 0.05) is 20.2 Å². The fourth-order valence-electron chi connectivity index (χ4n) is 8.51. The van der Waals surface area contributed by atoms with Crippen LogP contribution in [0.1, 0.15) is 0 Å². The zero-order valence-corrected chi connectivity index (χ0v) is 29.7. The first kappa shape index (κ1) is 30.1. The van der Waals surface area contributed by atoms with Crippen LogP contribution < -0.4 is 0 Å². The van der Waals surface area contributed by atoms with Crippen LogP contribution in [0.5, 0.6) is 0 Å². The van der Waals surface area contributed by atoms with Crippen molar-refractivity contribution in [2.45, 2.75) is 0 Å². The number of rotatable bonds is 4. The summed E-state index contributed by atoms with van der Waals surface area (Å²) >= 11 is 1.90. The van der Waals surface area contributed by atoms with E-state index >= 15 is 0 Å². The van der Waals surface area contributed by atoms with Crippen LogP contribution >= 0.6 is 11.3 Å². The van der Waals surface area contributed by atoms with Crippen molar-refractivity contribution in [1.29, 1.82) is 0 Å². The fourth-order valence-corrected chi connectivity index (χ4v) is 9.79. The zero-order chi connectivity index (χ0) is 34.9. The summed E-state index contributed by atoms with van der Waals surface area (Å²) < 4.78 is 2.69. The van der Waals surface area contributed by atoms with Gasteiger partial charge >= 0.3 is 0 Å². The van der Waals surface area contributed by atoms with Crippen LogP contribution in [0.3, 0.4) is 0 Å². The summed E-state index contributed by atoms with van der Waals surface area (Å²) in [5.41, 5.74) is 9.94. The van der Waals surface area contributed by atoms with E-state index in [1.54, 1.807) is 0 Å². The van der Waals surface area contributed by atoms with E-state index < -0.39 is 0 Å². The molecule has 0 saturated heterocycles. The van der Waals surface area contributed by atoms with Crippen LogP contribution in [0.2, 0.25) is 0 Å². The Hall–Kier alpha value is -6.54. The molecule has 0 aliphatic rings. The summed E-state index contributed by atoms with van der Waals surface area (Å²) in [5.74, 6) is 0. The highest BCUT2D eigenvalue weighted by Crippen LogP contribution is 2.45. The lowest BCUT2D eigenvalue weighted by atomic mass is 9.85. The summed E-state index contributed by atoms with van der Waals surface area (Å²) in [6.07, 6.45) is 0. The number of fused-ring (bicyclic) bond motifs is 8. The van der Waals surface area contributed by atoms with E-state index in [1.807, 2.05) is 11.3 Å². The Labute approximate surface area is 311 Å². The van der Waals surface area contributed by atoms with Gasteiger partial charge in [0.15, 0.2) is 0 Å². The molecule has 11 rings (SSSR count). The zero-order valence-electron chi connectivity index (χ0n) is 28.9. The van der Waals surface area contributed by atoms with Crippen LogP contribution in [0, 0.1) is 0 Å². The van der Waals surface area contributed by atoms with Gasteiger partial charge in [0.05, 0.1) is 0 Å². The van der Waals surface area contributed by atoms with Gasteiger partial charge in [-0.3, -0.25) is 0 Å². The van der Waals surface area contributed by atoms with E-state index in [0.29, 0.717) is 0 Å². The summed E-state index contributed by atoms with van der Waals surface area (Å²) in [6.45, 7) is 0. The van der Waals surface area contributed by atoms with Crippen LogP contribution in [-0.4, -0.2) is 0 Å². The highest BCUT2D eigenvalue weighted by molar-refractivity contribution is 7.26. The van der Waals surface area contributed by atoms with Crippen molar-refractivity contribution in [3.05, 3.63) is 194 Å². The van der Waals surface area contributed by atoms with E-state index in [1.165, 1.54) is 108 Å². The van der Waals surface area contributed by atoms with Crippen LogP contribution in [0.25, 0.3) is 108 Å². The standard InChI is InChI=1S/C52H32S/c1-2-13-35-29-38(24-23-33(35)11-1)36-14-9-16-40(30-36)50-44-19-5-7-21-46(44)51(47-22-8-6-20-45(47)50)41-17-10-15-37(31-41)39-26-27-43-48-28-25-34-12-3-4-18-42(34)52(48)53-49(43)32-39/h1-32H. The summed E-state index contributed by atoms with van der Waals surface area (Å²) in [4.78, 5) is 0. The lowest BCUT2D eigenvalue weighted by Gasteiger charge is -2.18. The Morgan fingerprint density at radius 2 is 0.698 bits per heavy atom. The van der Waals surface area contributed by atoms with Crippen molar-refractivity contribution in [2.24, 2.45) is 0 Å². The molecule has 10 aromatic carbocycles. The predicted octanol–water partition coefficient (Wildman–Crippen LogP) is 15.3. The molecule has 0 bridgehead atoms. The van der Waals surface area contributed by atoms with Gasteiger partial charge < -0.3 is 0 Å². The maximum Gasteiger partial charge on any atom is 0.0433 e. The molecule has 0 nitrogen and oxygen atoms in total. The fraction of sp³-hybridized carbons (Fsp3) is 0. The molecule has 1 heterocycles. The minimum Gasteiger partial charge on any atom is -0.135 e. The molecule has 0 atom stereocenters. The lowest BCUT2D eigenvalue weighted by Crippen LogP contribution is -1.91. The molecule has 1 heteroatoms. The summed E-state index contributed by atoms with van der Waals surface area (Å²) in [7, 11) is 0. The van der Waals surface area contributed by atoms with Gasteiger partial charge in [-0.05, 0) is 112 Å². The van der Waals surface area contributed by atoms with E-state index in [9.17, 15) is 0 Å².